The lowest BCUT2D eigenvalue weighted by Crippen LogP contribution is -2.38. The van der Waals surface area contributed by atoms with E-state index in [9.17, 15) is 14.4 Å². The maximum absolute atomic E-state index is 12.7. The molecule has 0 unspecified atom stereocenters. The molecule has 0 aliphatic heterocycles. The van der Waals surface area contributed by atoms with Gasteiger partial charge >= 0.3 is 0 Å². The minimum absolute atomic E-state index is 0.0633. The maximum atomic E-state index is 12.7. The van der Waals surface area contributed by atoms with E-state index < -0.39 is 0 Å². The van der Waals surface area contributed by atoms with Gasteiger partial charge in [-0.1, -0.05) is 24.3 Å². The number of ether oxygens (including phenoxy) is 2. The van der Waals surface area contributed by atoms with Gasteiger partial charge in [-0.15, -0.1) is 0 Å². The molecule has 1 aliphatic carbocycles. The monoisotopic (exact) mass is 410 g/mol. The molecule has 0 atom stereocenters. The Morgan fingerprint density at radius 1 is 1.07 bits per heavy atom. The fourth-order valence-corrected chi connectivity index (χ4v) is 3.12. The number of ketones is 1. The van der Waals surface area contributed by atoms with Gasteiger partial charge < -0.3 is 19.7 Å². The van der Waals surface area contributed by atoms with E-state index in [-0.39, 0.29) is 36.7 Å². The number of nitrogens with zero attached hydrogens (tertiary/aromatic N) is 1. The van der Waals surface area contributed by atoms with E-state index in [4.69, 9.17) is 9.47 Å². The fourth-order valence-electron chi connectivity index (χ4n) is 3.12. The third-order valence-electron chi connectivity index (χ3n) is 4.86. The van der Waals surface area contributed by atoms with Crippen molar-refractivity contribution in [1.82, 2.24) is 4.90 Å². The minimum Gasteiger partial charge on any atom is -0.493 e. The van der Waals surface area contributed by atoms with Crippen molar-refractivity contribution in [1.29, 1.82) is 0 Å². The number of rotatable bonds is 10. The number of hydrogen-bond donors (Lipinski definition) is 1. The zero-order valence-electron chi connectivity index (χ0n) is 17.2. The molecule has 2 amide bonds. The first-order valence-electron chi connectivity index (χ1n) is 9.94. The molecule has 7 nitrogen and oxygen atoms in total. The predicted octanol–water partition coefficient (Wildman–Crippen LogP) is 3.30. The summed E-state index contributed by atoms with van der Waals surface area (Å²) in [5.74, 6) is 0.642. The number of nitrogens with one attached hydrogen (secondary N) is 1. The SMILES string of the molecule is COc1ccccc1OCC(=O)N(CCC(=O)Nc1cccc(C(C)=O)c1)C1CC1. The lowest BCUT2D eigenvalue weighted by molar-refractivity contribution is -0.134. The number of para-hydroxylation sites is 2. The van der Waals surface area contributed by atoms with Gasteiger partial charge in [0.15, 0.2) is 23.9 Å². The van der Waals surface area contributed by atoms with Gasteiger partial charge in [0.25, 0.3) is 5.91 Å². The Labute approximate surface area is 176 Å². The second-order valence-corrected chi connectivity index (χ2v) is 7.19. The Morgan fingerprint density at radius 2 is 1.80 bits per heavy atom. The quantitative estimate of drug-likeness (QED) is 0.608. The van der Waals surface area contributed by atoms with Crippen LogP contribution in [0.4, 0.5) is 5.69 Å². The van der Waals surface area contributed by atoms with E-state index >= 15 is 0 Å². The molecule has 158 valence electrons. The molecule has 0 radical (unpaired) electrons. The Balaban J connectivity index is 1.53. The molecule has 0 saturated heterocycles. The van der Waals surface area contributed by atoms with Crippen LogP contribution in [0.1, 0.15) is 36.5 Å². The number of Topliss-reactive ketones (excluding diaryl/α,β-unsaturated/α-hetero) is 1. The van der Waals surface area contributed by atoms with Crippen molar-refractivity contribution >= 4 is 23.3 Å². The zero-order valence-corrected chi connectivity index (χ0v) is 17.2. The first-order valence-corrected chi connectivity index (χ1v) is 9.94. The average molecular weight is 410 g/mol. The second kappa shape index (κ2) is 9.91. The van der Waals surface area contributed by atoms with Gasteiger partial charge in [-0.05, 0) is 44.0 Å². The van der Waals surface area contributed by atoms with E-state index in [1.54, 1.807) is 48.4 Å². The molecule has 0 heterocycles. The molecule has 1 aliphatic rings. The van der Waals surface area contributed by atoms with Crippen LogP contribution in [0.5, 0.6) is 11.5 Å². The molecular formula is C23H26N2O5. The molecule has 7 heteroatoms. The van der Waals surface area contributed by atoms with E-state index in [0.717, 1.165) is 12.8 Å². The summed E-state index contributed by atoms with van der Waals surface area (Å²) in [6, 6.07) is 14.1. The van der Waals surface area contributed by atoms with Crippen LogP contribution in [0.3, 0.4) is 0 Å². The fraction of sp³-hybridized carbons (Fsp3) is 0.348. The van der Waals surface area contributed by atoms with Gasteiger partial charge in [0.1, 0.15) is 0 Å². The lowest BCUT2D eigenvalue weighted by atomic mass is 10.1. The van der Waals surface area contributed by atoms with Crippen LogP contribution in [0, 0.1) is 0 Å². The van der Waals surface area contributed by atoms with Gasteiger partial charge in [0, 0.05) is 30.3 Å². The predicted molar refractivity (Wildman–Crippen MR) is 113 cm³/mol. The summed E-state index contributed by atoms with van der Waals surface area (Å²) in [7, 11) is 1.55. The molecular weight excluding hydrogens is 384 g/mol. The average Bonchev–Trinajstić information content (AvgIpc) is 3.58. The smallest absolute Gasteiger partial charge is 0.260 e. The topological polar surface area (TPSA) is 84.9 Å². The largest absolute Gasteiger partial charge is 0.493 e. The Kier molecular flexibility index (Phi) is 7.06. The van der Waals surface area contributed by atoms with Crippen molar-refractivity contribution < 1.29 is 23.9 Å². The van der Waals surface area contributed by atoms with Gasteiger partial charge in [-0.3, -0.25) is 14.4 Å². The number of carbonyl (C=O) groups is 3. The molecule has 3 rings (SSSR count). The second-order valence-electron chi connectivity index (χ2n) is 7.19. The Morgan fingerprint density at radius 3 is 2.47 bits per heavy atom. The van der Waals surface area contributed by atoms with E-state index in [2.05, 4.69) is 5.32 Å². The minimum atomic E-state index is -0.209. The van der Waals surface area contributed by atoms with Crippen LogP contribution in [0.15, 0.2) is 48.5 Å². The van der Waals surface area contributed by atoms with Crippen molar-refractivity contribution in [2.75, 3.05) is 25.6 Å². The summed E-state index contributed by atoms with van der Waals surface area (Å²) in [5, 5.41) is 2.79. The third kappa shape index (κ3) is 5.83. The van der Waals surface area contributed by atoms with Gasteiger partial charge in [-0.25, -0.2) is 0 Å². The van der Waals surface area contributed by atoms with Gasteiger partial charge in [-0.2, -0.15) is 0 Å². The molecule has 0 bridgehead atoms. The van der Waals surface area contributed by atoms with Gasteiger partial charge in [0.2, 0.25) is 5.91 Å². The molecule has 1 fully saturated rings. The molecule has 1 N–H and O–H groups in total. The van der Waals surface area contributed by atoms with Crippen molar-refractivity contribution in [3.63, 3.8) is 0 Å². The van der Waals surface area contributed by atoms with Crippen LogP contribution in [-0.2, 0) is 9.59 Å². The van der Waals surface area contributed by atoms with Crippen LogP contribution in [-0.4, -0.2) is 48.8 Å². The van der Waals surface area contributed by atoms with E-state index in [1.165, 1.54) is 6.92 Å². The molecule has 30 heavy (non-hydrogen) atoms. The zero-order chi connectivity index (χ0) is 21.5. The molecule has 1 saturated carbocycles. The molecule has 0 aromatic heterocycles. The number of anilines is 1. The summed E-state index contributed by atoms with van der Waals surface area (Å²) in [4.78, 5) is 38.2. The summed E-state index contributed by atoms with van der Waals surface area (Å²) >= 11 is 0. The number of carbonyl (C=O) groups excluding carboxylic acids is 3. The van der Waals surface area contributed by atoms with Crippen LogP contribution < -0.4 is 14.8 Å². The van der Waals surface area contributed by atoms with Crippen LogP contribution in [0.25, 0.3) is 0 Å². The molecule has 0 spiro atoms. The van der Waals surface area contributed by atoms with Crippen molar-refractivity contribution in [2.24, 2.45) is 0 Å². The lowest BCUT2D eigenvalue weighted by Gasteiger charge is -2.22. The number of hydrogen-bond acceptors (Lipinski definition) is 5. The Bertz CT molecular complexity index is 923. The van der Waals surface area contributed by atoms with Crippen LogP contribution >= 0.6 is 0 Å². The normalized spacial score (nSPS) is 12.7. The van der Waals surface area contributed by atoms with Crippen LogP contribution in [0.2, 0.25) is 0 Å². The third-order valence-corrected chi connectivity index (χ3v) is 4.86. The summed E-state index contributed by atoms with van der Waals surface area (Å²) in [5.41, 5.74) is 1.10. The van der Waals surface area contributed by atoms with Gasteiger partial charge in [0.05, 0.1) is 7.11 Å². The van der Waals surface area contributed by atoms with Crippen molar-refractivity contribution in [3.05, 3.63) is 54.1 Å². The first kappa shape index (κ1) is 21.4. The highest BCUT2D eigenvalue weighted by Crippen LogP contribution is 2.29. The molecule has 2 aromatic carbocycles. The maximum Gasteiger partial charge on any atom is 0.260 e. The highest BCUT2D eigenvalue weighted by Gasteiger charge is 2.32. The van der Waals surface area contributed by atoms with E-state index in [0.29, 0.717) is 29.3 Å². The van der Waals surface area contributed by atoms with Crippen molar-refractivity contribution in [2.45, 2.75) is 32.2 Å². The van der Waals surface area contributed by atoms with Crippen molar-refractivity contribution in [3.8, 4) is 11.5 Å². The standard InChI is InChI=1S/C23H26N2O5/c1-16(26)17-6-5-7-18(14-17)24-22(27)12-13-25(19-10-11-19)23(28)15-30-21-9-4-3-8-20(21)29-2/h3-9,14,19H,10-13,15H2,1-2H3,(H,24,27). The molecule has 2 aromatic rings. The summed E-state index contributed by atoms with van der Waals surface area (Å²) in [6.07, 6.45) is 2.03. The number of amides is 2. The first-order chi connectivity index (χ1) is 14.5. The summed E-state index contributed by atoms with van der Waals surface area (Å²) in [6.45, 7) is 1.68. The summed E-state index contributed by atoms with van der Waals surface area (Å²) < 4.78 is 10.9. The highest BCUT2D eigenvalue weighted by atomic mass is 16.5. The number of methoxy groups -OCH3 is 1. The Hall–Kier alpha value is -3.35. The number of benzene rings is 2. The highest BCUT2D eigenvalue weighted by molar-refractivity contribution is 5.97. The van der Waals surface area contributed by atoms with E-state index in [1.807, 2.05) is 12.1 Å².